The highest BCUT2D eigenvalue weighted by atomic mass is 35.5. The van der Waals surface area contributed by atoms with Crippen molar-refractivity contribution < 1.29 is 14.3 Å². The Morgan fingerprint density at radius 2 is 1.81 bits per heavy atom. The van der Waals surface area contributed by atoms with Gasteiger partial charge >= 0.3 is 6.09 Å². The molecule has 0 bridgehead atoms. The number of ether oxygens (including phenoxy) is 1. The molecule has 2 aliphatic rings. The Morgan fingerprint density at radius 3 is 2.42 bits per heavy atom. The van der Waals surface area contributed by atoms with Gasteiger partial charge < -0.3 is 14.5 Å². The van der Waals surface area contributed by atoms with Crippen molar-refractivity contribution in [1.29, 1.82) is 0 Å². The molecular weight excluding hydrogens is 352 g/mol. The van der Waals surface area contributed by atoms with E-state index in [1.165, 1.54) is 0 Å². The maximum absolute atomic E-state index is 12.7. The van der Waals surface area contributed by atoms with Crippen LogP contribution in [0.15, 0.2) is 24.3 Å². The maximum Gasteiger partial charge on any atom is 0.410 e. The van der Waals surface area contributed by atoms with Gasteiger partial charge in [0.15, 0.2) is 0 Å². The van der Waals surface area contributed by atoms with Gasteiger partial charge in [0.2, 0.25) is 0 Å². The Bertz CT molecular complexity index is 691. The SMILES string of the molecule is CC(C)(C)OC(=O)N1CCC2(CC1)CN(c1ccccc1Cl)CCC2=O. The summed E-state index contributed by atoms with van der Waals surface area (Å²) in [7, 11) is 0. The number of ketones is 1. The lowest BCUT2D eigenvalue weighted by Crippen LogP contribution is -2.55. The molecule has 2 fully saturated rings. The summed E-state index contributed by atoms with van der Waals surface area (Å²) in [6.07, 6.45) is 1.58. The van der Waals surface area contributed by atoms with Gasteiger partial charge in [-0.25, -0.2) is 4.79 Å². The first-order chi connectivity index (χ1) is 12.2. The second-order valence-corrected chi connectivity index (χ2v) is 8.70. The van der Waals surface area contributed by atoms with E-state index in [1.807, 2.05) is 45.0 Å². The third-order valence-electron chi connectivity index (χ3n) is 5.26. The molecule has 6 heteroatoms. The average molecular weight is 379 g/mol. The van der Waals surface area contributed by atoms with Crippen LogP contribution in [0.5, 0.6) is 0 Å². The van der Waals surface area contributed by atoms with Crippen molar-refractivity contribution in [2.45, 2.75) is 45.6 Å². The van der Waals surface area contributed by atoms with Crippen molar-refractivity contribution in [3.05, 3.63) is 29.3 Å². The number of carbonyl (C=O) groups is 2. The minimum atomic E-state index is -0.506. The highest BCUT2D eigenvalue weighted by Crippen LogP contribution is 2.40. The van der Waals surface area contributed by atoms with Crippen molar-refractivity contribution in [3.63, 3.8) is 0 Å². The molecule has 5 nitrogen and oxygen atoms in total. The number of hydrogen-bond donors (Lipinski definition) is 0. The number of piperidine rings is 2. The molecule has 1 amide bonds. The maximum atomic E-state index is 12.7. The highest BCUT2D eigenvalue weighted by molar-refractivity contribution is 6.33. The Hall–Kier alpha value is -1.75. The Morgan fingerprint density at radius 1 is 1.15 bits per heavy atom. The molecule has 0 radical (unpaired) electrons. The lowest BCUT2D eigenvalue weighted by molar-refractivity contribution is -0.132. The molecule has 0 atom stereocenters. The van der Waals surface area contributed by atoms with Gasteiger partial charge in [-0.3, -0.25) is 4.79 Å². The smallest absolute Gasteiger partial charge is 0.410 e. The van der Waals surface area contributed by atoms with Crippen molar-refractivity contribution in [1.82, 2.24) is 4.90 Å². The first-order valence-electron chi connectivity index (χ1n) is 9.21. The molecule has 142 valence electrons. The molecule has 0 unspecified atom stereocenters. The van der Waals surface area contributed by atoms with Gasteiger partial charge in [-0.2, -0.15) is 0 Å². The number of halogens is 1. The predicted octanol–water partition coefficient (Wildman–Crippen LogP) is 4.14. The Balaban J connectivity index is 1.69. The van der Waals surface area contributed by atoms with E-state index in [1.54, 1.807) is 4.90 Å². The van der Waals surface area contributed by atoms with Gasteiger partial charge in [0.05, 0.1) is 10.7 Å². The molecule has 2 heterocycles. The minimum Gasteiger partial charge on any atom is -0.444 e. The van der Waals surface area contributed by atoms with Crippen LogP contribution in [0, 0.1) is 5.41 Å². The van der Waals surface area contributed by atoms with Gasteiger partial charge in [-0.15, -0.1) is 0 Å². The molecular formula is C20H27ClN2O3. The zero-order chi connectivity index (χ0) is 18.9. The summed E-state index contributed by atoms with van der Waals surface area (Å²) < 4.78 is 5.46. The zero-order valence-corrected chi connectivity index (χ0v) is 16.5. The summed E-state index contributed by atoms with van der Waals surface area (Å²) in [5, 5.41) is 0.711. The first kappa shape index (κ1) is 19.0. The molecule has 0 aromatic heterocycles. The largest absolute Gasteiger partial charge is 0.444 e. The minimum absolute atomic E-state index is 0.293. The average Bonchev–Trinajstić information content (AvgIpc) is 2.57. The fraction of sp³-hybridized carbons (Fsp3) is 0.600. The first-order valence-corrected chi connectivity index (χ1v) is 9.59. The van der Waals surface area contributed by atoms with E-state index < -0.39 is 11.0 Å². The van der Waals surface area contributed by atoms with Crippen molar-refractivity contribution >= 4 is 29.2 Å². The van der Waals surface area contributed by atoms with E-state index in [-0.39, 0.29) is 6.09 Å². The van der Waals surface area contributed by atoms with E-state index in [0.29, 0.717) is 56.2 Å². The molecule has 2 aliphatic heterocycles. The summed E-state index contributed by atoms with van der Waals surface area (Å²) in [6, 6.07) is 7.76. The lowest BCUT2D eigenvalue weighted by Gasteiger charge is -2.47. The molecule has 1 aromatic rings. The number of likely N-dealkylation sites (tertiary alicyclic amines) is 1. The number of anilines is 1. The van der Waals surface area contributed by atoms with Crippen LogP contribution >= 0.6 is 11.6 Å². The van der Waals surface area contributed by atoms with E-state index in [9.17, 15) is 9.59 Å². The van der Waals surface area contributed by atoms with Crippen molar-refractivity contribution in [2.75, 3.05) is 31.1 Å². The Kier molecular flexibility index (Phi) is 5.20. The number of nitrogens with zero attached hydrogens (tertiary/aromatic N) is 2. The lowest BCUT2D eigenvalue weighted by atomic mass is 9.71. The van der Waals surface area contributed by atoms with E-state index in [2.05, 4.69) is 4.90 Å². The predicted molar refractivity (Wildman–Crippen MR) is 103 cm³/mol. The van der Waals surface area contributed by atoms with Gasteiger partial charge in [0.25, 0.3) is 0 Å². The number of rotatable bonds is 1. The van der Waals surface area contributed by atoms with Crippen LogP contribution in [-0.4, -0.2) is 48.6 Å². The molecule has 0 N–H and O–H groups in total. The van der Waals surface area contributed by atoms with Gasteiger partial charge in [-0.1, -0.05) is 23.7 Å². The molecule has 0 saturated carbocycles. The number of para-hydroxylation sites is 1. The van der Waals surface area contributed by atoms with Crippen LogP contribution < -0.4 is 4.90 Å². The highest BCUT2D eigenvalue weighted by Gasteiger charge is 2.46. The van der Waals surface area contributed by atoms with E-state index in [4.69, 9.17) is 16.3 Å². The summed E-state index contributed by atoms with van der Waals surface area (Å²) in [6.45, 7) is 8.05. The van der Waals surface area contributed by atoms with Crippen LogP contribution in [0.2, 0.25) is 5.02 Å². The molecule has 0 aliphatic carbocycles. The third-order valence-corrected chi connectivity index (χ3v) is 5.58. The van der Waals surface area contributed by atoms with Crippen LogP contribution in [0.4, 0.5) is 10.5 Å². The normalized spacial score (nSPS) is 20.4. The van der Waals surface area contributed by atoms with Gasteiger partial charge in [0, 0.05) is 38.0 Å². The fourth-order valence-electron chi connectivity index (χ4n) is 3.83. The topological polar surface area (TPSA) is 49.9 Å². The standard InChI is InChI=1S/C20H27ClN2O3/c1-19(2,3)26-18(25)22-12-9-20(10-13-22)14-23(11-8-17(20)24)16-7-5-4-6-15(16)21/h4-7H,8-14H2,1-3H3. The van der Waals surface area contributed by atoms with E-state index >= 15 is 0 Å². The quantitative estimate of drug-likeness (QED) is 0.737. The number of amides is 1. The Labute approximate surface area is 160 Å². The molecule has 3 rings (SSSR count). The summed E-state index contributed by atoms with van der Waals surface area (Å²) in [5.74, 6) is 0.310. The molecule has 2 saturated heterocycles. The van der Waals surface area contributed by atoms with Crippen LogP contribution in [0.3, 0.4) is 0 Å². The van der Waals surface area contributed by atoms with Gasteiger partial charge in [0.1, 0.15) is 11.4 Å². The zero-order valence-electron chi connectivity index (χ0n) is 15.8. The van der Waals surface area contributed by atoms with Crippen molar-refractivity contribution in [3.8, 4) is 0 Å². The number of Topliss-reactive ketones (excluding diaryl/α,β-unsaturated/α-hetero) is 1. The van der Waals surface area contributed by atoms with Gasteiger partial charge in [-0.05, 0) is 45.7 Å². The molecule has 1 aromatic carbocycles. The second kappa shape index (κ2) is 7.10. The third kappa shape index (κ3) is 3.98. The van der Waals surface area contributed by atoms with Crippen LogP contribution in [-0.2, 0) is 9.53 Å². The summed E-state index contributed by atoms with van der Waals surface area (Å²) in [4.78, 5) is 29.0. The van der Waals surface area contributed by atoms with Crippen LogP contribution in [0.25, 0.3) is 0 Å². The molecule has 26 heavy (non-hydrogen) atoms. The summed E-state index contributed by atoms with van der Waals surface area (Å²) in [5.41, 5.74) is 0.0829. The van der Waals surface area contributed by atoms with Crippen molar-refractivity contribution in [2.24, 2.45) is 5.41 Å². The van der Waals surface area contributed by atoms with E-state index in [0.717, 1.165) is 5.69 Å². The monoisotopic (exact) mass is 378 g/mol. The van der Waals surface area contributed by atoms with Crippen LogP contribution in [0.1, 0.15) is 40.0 Å². The molecule has 1 spiro atoms. The number of hydrogen-bond acceptors (Lipinski definition) is 4. The number of benzene rings is 1. The summed E-state index contributed by atoms with van der Waals surface area (Å²) >= 11 is 6.35. The fourth-order valence-corrected chi connectivity index (χ4v) is 4.08. The number of carbonyl (C=O) groups excluding carboxylic acids is 2. The second-order valence-electron chi connectivity index (χ2n) is 8.29.